The third kappa shape index (κ3) is 4.49. The number of piperidine rings is 1. The molecule has 0 radical (unpaired) electrons. The van der Waals surface area contributed by atoms with Crippen LogP contribution in [0, 0.1) is 5.41 Å². The Bertz CT molecular complexity index is 232. The van der Waals surface area contributed by atoms with Crippen molar-refractivity contribution in [2.45, 2.75) is 44.6 Å². The molecule has 0 spiro atoms. The van der Waals surface area contributed by atoms with Crippen LogP contribution in [-0.2, 0) is 4.74 Å². The summed E-state index contributed by atoms with van der Waals surface area (Å²) in [6.45, 7) is 5.50. The zero-order chi connectivity index (χ0) is 12.0. The molecule has 0 bridgehead atoms. The first-order chi connectivity index (χ1) is 7.56. The maximum Gasteiger partial charge on any atom is 0.0905 e. The number of unbranched alkanes of at least 4 members (excludes halogenated alkanes) is 1. The fourth-order valence-electron chi connectivity index (χ4n) is 2.32. The van der Waals surface area contributed by atoms with E-state index in [1.165, 1.54) is 13.0 Å². The lowest BCUT2D eigenvalue weighted by Gasteiger charge is -2.39. The monoisotopic (exact) mass is 227 g/mol. The van der Waals surface area contributed by atoms with Gasteiger partial charge >= 0.3 is 0 Å². The van der Waals surface area contributed by atoms with E-state index >= 15 is 0 Å². The smallest absolute Gasteiger partial charge is 0.0905 e. The quantitative estimate of drug-likeness (QED) is 0.411. The molecule has 3 N–H and O–H groups in total. The molecule has 0 aromatic rings. The summed E-state index contributed by atoms with van der Waals surface area (Å²) in [5.74, 6) is 0.306. The Morgan fingerprint density at radius 1 is 1.50 bits per heavy atom. The molecule has 4 nitrogen and oxygen atoms in total. The number of nitrogens with two attached hydrogens (primary N) is 1. The molecule has 1 heterocycles. The fourth-order valence-corrected chi connectivity index (χ4v) is 2.32. The van der Waals surface area contributed by atoms with Crippen LogP contribution in [0.2, 0.25) is 0 Å². The average Bonchev–Trinajstić information content (AvgIpc) is 2.24. The Labute approximate surface area is 98.6 Å². The summed E-state index contributed by atoms with van der Waals surface area (Å²) in [6.07, 6.45) is 5.26. The van der Waals surface area contributed by atoms with Gasteiger partial charge in [-0.15, -0.1) is 0 Å². The summed E-state index contributed by atoms with van der Waals surface area (Å²) in [7, 11) is 1.80. The second kappa shape index (κ2) is 6.21. The molecule has 1 atom stereocenters. The number of hydrogen-bond acceptors (Lipinski definition) is 3. The van der Waals surface area contributed by atoms with Crippen molar-refractivity contribution in [1.29, 1.82) is 5.41 Å². The van der Waals surface area contributed by atoms with Crippen LogP contribution in [0.15, 0.2) is 0 Å². The zero-order valence-corrected chi connectivity index (χ0v) is 10.6. The van der Waals surface area contributed by atoms with Gasteiger partial charge in [0.1, 0.15) is 0 Å². The van der Waals surface area contributed by atoms with Crippen molar-refractivity contribution >= 4 is 5.84 Å². The van der Waals surface area contributed by atoms with Crippen molar-refractivity contribution < 1.29 is 4.74 Å². The van der Waals surface area contributed by atoms with E-state index in [-0.39, 0.29) is 5.60 Å². The number of nitrogens with zero attached hydrogens (tertiary/aromatic N) is 1. The first-order valence-corrected chi connectivity index (χ1v) is 6.16. The zero-order valence-electron chi connectivity index (χ0n) is 10.6. The highest BCUT2D eigenvalue weighted by Gasteiger charge is 2.30. The van der Waals surface area contributed by atoms with Gasteiger partial charge in [-0.05, 0) is 45.7 Å². The van der Waals surface area contributed by atoms with Gasteiger partial charge in [-0.2, -0.15) is 0 Å². The summed E-state index contributed by atoms with van der Waals surface area (Å²) in [5, 5.41) is 7.15. The minimum absolute atomic E-state index is 0.0405. The van der Waals surface area contributed by atoms with E-state index in [9.17, 15) is 0 Å². The van der Waals surface area contributed by atoms with Gasteiger partial charge in [0, 0.05) is 20.1 Å². The molecule has 94 valence electrons. The summed E-state index contributed by atoms with van der Waals surface area (Å²) in [4.78, 5) is 2.47. The molecule has 1 saturated heterocycles. The van der Waals surface area contributed by atoms with Gasteiger partial charge in [0.25, 0.3) is 0 Å². The Hall–Kier alpha value is -0.610. The van der Waals surface area contributed by atoms with Crippen molar-refractivity contribution in [3.63, 3.8) is 0 Å². The maximum absolute atomic E-state index is 7.15. The largest absolute Gasteiger partial charge is 0.388 e. The molecule has 1 aliphatic heterocycles. The van der Waals surface area contributed by atoms with Gasteiger partial charge in [-0.3, -0.25) is 5.41 Å². The van der Waals surface area contributed by atoms with Crippen molar-refractivity contribution in [2.24, 2.45) is 5.73 Å². The number of ether oxygens (including phenoxy) is 1. The maximum atomic E-state index is 7.15. The van der Waals surface area contributed by atoms with E-state index in [0.29, 0.717) is 5.84 Å². The third-order valence-electron chi connectivity index (χ3n) is 3.40. The third-order valence-corrected chi connectivity index (χ3v) is 3.40. The van der Waals surface area contributed by atoms with Crippen LogP contribution in [-0.4, -0.2) is 43.1 Å². The molecular formula is C12H25N3O. The van der Waals surface area contributed by atoms with Crippen LogP contribution in [0.5, 0.6) is 0 Å². The molecule has 1 fully saturated rings. The number of hydrogen-bond donors (Lipinski definition) is 2. The predicted octanol–water partition coefficient (Wildman–Crippen LogP) is 1.59. The van der Waals surface area contributed by atoms with E-state index in [4.69, 9.17) is 15.9 Å². The highest BCUT2D eigenvalue weighted by Crippen LogP contribution is 2.23. The Morgan fingerprint density at radius 3 is 2.88 bits per heavy atom. The second-order valence-electron chi connectivity index (χ2n) is 5.02. The highest BCUT2D eigenvalue weighted by molar-refractivity contribution is 5.76. The van der Waals surface area contributed by atoms with E-state index in [1.807, 2.05) is 0 Å². The molecule has 1 unspecified atom stereocenters. The molecule has 16 heavy (non-hydrogen) atoms. The van der Waals surface area contributed by atoms with E-state index in [2.05, 4.69) is 11.8 Å². The van der Waals surface area contributed by atoms with Gasteiger partial charge in [-0.25, -0.2) is 0 Å². The molecule has 0 aromatic carbocycles. The van der Waals surface area contributed by atoms with Crippen LogP contribution in [0.1, 0.15) is 39.0 Å². The second-order valence-corrected chi connectivity index (χ2v) is 5.02. The van der Waals surface area contributed by atoms with Crippen LogP contribution in [0.25, 0.3) is 0 Å². The Balaban J connectivity index is 2.19. The van der Waals surface area contributed by atoms with Crippen molar-refractivity contribution in [2.75, 3.05) is 26.7 Å². The lowest BCUT2D eigenvalue weighted by Crippen LogP contribution is -2.47. The van der Waals surface area contributed by atoms with Gasteiger partial charge in [0.05, 0.1) is 11.4 Å². The van der Waals surface area contributed by atoms with E-state index in [0.717, 1.165) is 38.8 Å². The molecular weight excluding hydrogens is 202 g/mol. The van der Waals surface area contributed by atoms with Crippen LogP contribution in [0.3, 0.4) is 0 Å². The van der Waals surface area contributed by atoms with E-state index in [1.54, 1.807) is 7.11 Å². The van der Waals surface area contributed by atoms with Gasteiger partial charge in [-0.1, -0.05) is 0 Å². The molecule has 4 heteroatoms. The standard InChI is InChI=1S/C12H25N3O/c1-12(16-2)7-5-9-15(10-12)8-4-3-6-11(13)14/h3-10H2,1-2H3,(H3,13,14). The normalized spacial score (nSPS) is 26.9. The minimum Gasteiger partial charge on any atom is -0.388 e. The first-order valence-electron chi connectivity index (χ1n) is 6.16. The van der Waals surface area contributed by atoms with Crippen molar-refractivity contribution in [3.05, 3.63) is 0 Å². The highest BCUT2D eigenvalue weighted by atomic mass is 16.5. The molecule has 0 aliphatic carbocycles. The summed E-state index contributed by atoms with van der Waals surface area (Å²) in [5.41, 5.74) is 5.37. The predicted molar refractivity (Wildman–Crippen MR) is 66.9 cm³/mol. The average molecular weight is 227 g/mol. The number of likely N-dealkylation sites (tertiary alicyclic amines) is 1. The summed E-state index contributed by atoms with van der Waals surface area (Å²) >= 11 is 0. The van der Waals surface area contributed by atoms with E-state index < -0.39 is 0 Å². The Kier molecular flexibility index (Phi) is 5.22. The molecule has 0 aromatic heterocycles. The Morgan fingerprint density at radius 2 is 2.25 bits per heavy atom. The minimum atomic E-state index is 0.0405. The number of amidine groups is 1. The molecule has 0 amide bonds. The van der Waals surface area contributed by atoms with Crippen LogP contribution in [0.4, 0.5) is 0 Å². The molecule has 1 aliphatic rings. The van der Waals surface area contributed by atoms with Crippen LogP contribution >= 0.6 is 0 Å². The molecule has 1 rings (SSSR count). The fraction of sp³-hybridized carbons (Fsp3) is 0.917. The number of methoxy groups -OCH3 is 1. The first kappa shape index (κ1) is 13.5. The summed E-state index contributed by atoms with van der Waals surface area (Å²) < 4.78 is 5.56. The lowest BCUT2D eigenvalue weighted by molar-refractivity contribution is -0.0508. The SMILES string of the molecule is COC1(C)CCCN(CCCCC(=N)N)C1. The van der Waals surface area contributed by atoms with Crippen LogP contribution < -0.4 is 5.73 Å². The summed E-state index contributed by atoms with van der Waals surface area (Å²) in [6, 6.07) is 0. The van der Waals surface area contributed by atoms with Crippen molar-refractivity contribution in [1.82, 2.24) is 4.90 Å². The number of rotatable bonds is 6. The number of nitrogens with one attached hydrogen (secondary N) is 1. The topological polar surface area (TPSA) is 62.3 Å². The van der Waals surface area contributed by atoms with Gasteiger partial charge < -0.3 is 15.4 Å². The van der Waals surface area contributed by atoms with Crippen molar-refractivity contribution in [3.8, 4) is 0 Å². The molecule has 0 saturated carbocycles. The van der Waals surface area contributed by atoms with Gasteiger partial charge in [0.15, 0.2) is 0 Å². The van der Waals surface area contributed by atoms with Gasteiger partial charge in [0.2, 0.25) is 0 Å². The lowest BCUT2D eigenvalue weighted by atomic mass is 9.94.